The maximum absolute atomic E-state index is 14.3. The van der Waals surface area contributed by atoms with Crippen LogP contribution < -0.4 is 0 Å². The second-order valence-corrected chi connectivity index (χ2v) is 5.78. The lowest BCUT2D eigenvalue weighted by Crippen LogP contribution is -2.64. The molecule has 0 rings (SSSR count). The van der Waals surface area contributed by atoms with Crippen molar-refractivity contribution in [1.29, 1.82) is 0 Å². The molecule has 0 aliphatic carbocycles. The molecule has 0 aromatic rings. The van der Waals surface area contributed by atoms with E-state index in [9.17, 15) is 53.1 Å². The van der Waals surface area contributed by atoms with Crippen LogP contribution in [0.3, 0.4) is 0 Å². The van der Waals surface area contributed by atoms with Crippen molar-refractivity contribution in [3.05, 3.63) is 0 Å². The van der Waals surface area contributed by atoms with E-state index in [2.05, 4.69) is 4.74 Å². The number of halogens is 11. The van der Waals surface area contributed by atoms with E-state index in [4.69, 9.17) is 0 Å². The molecule has 0 heterocycles. The van der Waals surface area contributed by atoms with E-state index in [1.807, 2.05) is 0 Å². The zero-order valence-electron chi connectivity index (χ0n) is 14.7. The monoisotopic (exact) mass is 441 g/mol. The number of alkyl halides is 11. The summed E-state index contributed by atoms with van der Waals surface area (Å²) in [5, 5.41) is 0. The van der Waals surface area contributed by atoms with Crippen LogP contribution in [-0.4, -0.2) is 54.1 Å². The van der Waals surface area contributed by atoms with Gasteiger partial charge in [0.1, 0.15) is 0 Å². The number of rotatable bonds is 10. The largest absolute Gasteiger partial charge is 0.462 e. The van der Waals surface area contributed by atoms with Gasteiger partial charge in [-0.15, -0.1) is 0 Å². The second-order valence-electron chi connectivity index (χ2n) is 5.78. The molecule has 1 amide bonds. The lowest BCUT2D eigenvalue weighted by Gasteiger charge is -2.36. The number of ether oxygens (including phenoxy) is 1. The van der Waals surface area contributed by atoms with Gasteiger partial charge in [0, 0.05) is 13.1 Å². The lowest BCUT2D eigenvalue weighted by molar-refractivity contribution is -0.473. The van der Waals surface area contributed by atoms with Crippen molar-refractivity contribution >= 4 is 5.91 Å². The molecule has 168 valence electrons. The lowest BCUT2D eigenvalue weighted by atomic mass is 10.2. The van der Waals surface area contributed by atoms with Crippen molar-refractivity contribution in [2.24, 2.45) is 0 Å². The van der Waals surface area contributed by atoms with E-state index in [1.165, 1.54) is 13.8 Å². The van der Waals surface area contributed by atoms with Crippen molar-refractivity contribution in [3.63, 3.8) is 0 Å². The molecule has 0 fully saturated rings. The summed E-state index contributed by atoms with van der Waals surface area (Å²) in [6.07, 6.45) is -20.2. The molecule has 0 aliphatic heterocycles. The van der Waals surface area contributed by atoms with Crippen LogP contribution >= 0.6 is 0 Å². The highest BCUT2D eigenvalue weighted by Gasteiger charge is 2.79. The standard InChI is InChI=1S/C14H18F11NO2/c1-3-5-7-26(8-6-4-2)9(27)10(15,12(18,19)20)28-14(24,25)11(16,17)13(21,22)23/h3-8H2,1-2H3. The van der Waals surface area contributed by atoms with Gasteiger partial charge >= 0.3 is 30.2 Å². The zero-order valence-corrected chi connectivity index (χ0v) is 14.7. The van der Waals surface area contributed by atoms with Gasteiger partial charge in [-0.2, -0.15) is 48.3 Å². The molecular formula is C14H18F11NO2. The second kappa shape index (κ2) is 8.99. The van der Waals surface area contributed by atoms with Crippen molar-refractivity contribution in [3.8, 4) is 0 Å². The minimum atomic E-state index is -7.19. The van der Waals surface area contributed by atoms with Crippen molar-refractivity contribution in [1.82, 2.24) is 4.90 Å². The summed E-state index contributed by atoms with van der Waals surface area (Å²) < 4.78 is 144. The van der Waals surface area contributed by atoms with Crippen LogP contribution in [0, 0.1) is 0 Å². The maximum Gasteiger partial charge on any atom is 0.462 e. The Balaban J connectivity index is 6.08. The van der Waals surface area contributed by atoms with Gasteiger partial charge < -0.3 is 4.90 Å². The van der Waals surface area contributed by atoms with E-state index >= 15 is 0 Å². The number of hydrogen-bond donors (Lipinski definition) is 0. The molecular weight excluding hydrogens is 423 g/mol. The average molecular weight is 441 g/mol. The summed E-state index contributed by atoms with van der Waals surface area (Å²) in [4.78, 5) is 12.0. The maximum atomic E-state index is 14.3. The summed E-state index contributed by atoms with van der Waals surface area (Å²) in [6.45, 7) is 1.87. The van der Waals surface area contributed by atoms with Crippen LogP contribution in [0.2, 0.25) is 0 Å². The first kappa shape index (κ1) is 26.7. The van der Waals surface area contributed by atoms with Gasteiger partial charge in [-0.3, -0.25) is 9.53 Å². The molecule has 0 bridgehead atoms. The first-order valence-corrected chi connectivity index (χ1v) is 7.96. The molecule has 0 aromatic heterocycles. The van der Waals surface area contributed by atoms with Gasteiger partial charge in [0.2, 0.25) is 0 Å². The van der Waals surface area contributed by atoms with Crippen LogP contribution in [0.25, 0.3) is 0 Å². The fraction of sp³-hybridized carbons (Fsp3) is 0.929. The Hall–Kier alpha value is -1.34. The fourth-order valence-electron chi connectivity index (χ4n) is 1.84. The molecule has 0 aliphatic rings. The molecule has 0 aromatic carbocycles. The average Bonchev–Trinajstić information content (AvgIpc) is 2.51. The summed E-state index contributed by atoms with van der Waals surface area (Å²) >= 11 is 0. The molecule has 0 spiro atoms. The van der Waals surface area contributed by atoms with Gasteiger partial charge in [0.15, 0.2) is 0 Å². The van der Waals surface area contributed by atoms with Gasteiger partial charge in [-0.25, -0.2) is 0 Å². The van der Waals surface area contributed by atoms with Crippen molar-refractivity contribution in [2.45, 2.75) is 69.8 Å². The number of nitrogens with zero attached hydrogens (tertiary/aromatic N) is 1. The van der Waals surface area contributed by atoms with Crippen molar-refractivity contribution in [2.75, 3.05) is 13.1 Å². The highest BCUT2D eigenvalue weighted by molar-refractivity contribution is 5.84. The summed E-state index contributed by atoms with van der Waals surface area (Å²) in [5.41, 5.74) is 0. The SMILES string of the molecule is CCCCN(CCCC)C(=O)C(F)(OC(F)(F)C(F)(F)C(F)(F)F)C(F)(F)F. The molecule has 0 saturated heterocycles. The number of hydrogen-bond acceptors (Lipinski definition) is 2. The van der Waals surface area contributed by atoms with Crippen LogP contribution in [-0.2, 0) is 9.53 Å². The predicted molar refractivity (Wildman–Crippen MR) is 73.3 cm³/mol. The Morgan fingerprint density at radius 2 is 1.14 bits per heavy atom. The molecule has 1 atom stereocenters. The number of unbranched alkanes of at least 4 members (excludes halogenated alkanes) is 2. The van der Waals surface area contributed by atoms with Gasteiger partial charge in [0.05, 0.1) is 0 Å². The molecule has 3 nitrogen and oxygen atoms in total. The number of carbonyl (C=O) groups is 1. The summed E-state index contributed by atoms with van der Waals surface area (Å²) in [7, 11) is 0. The quantitative estimate of drug-likeness (QED) is 0.422. The van der Waals surface area contributed by atoms with E-state index in [1.54, 1.807) is 0 Å². The zero-order chi connectivity index (χ0) is 22.6. The fourth-order valence-corrected chi connectivity index (χ4v) is 1.84. The van der Waals surface area contributed by atoms with Gasteiger partial charge in [-0.05, 0) is 12.8 Å². The minimum absolute atomic E-state index is 0.0154. The third-order valence-corrected chi connectivity index (χ3v) is 3.48. The molecule has 28 heavy (non-hydrogen) atoms. The van der Waals surface area contributed by atoms with E-state index < -0.39 is 49.2 Å². The summed E-state index contributed by atoms with van der Waals surface area (Å²) in [5.74, 6) is -16.1. The van der Waals surface area contributed by atoms with Crippen LogP contribution in [0.5, 0.6) is 0 Å². The third kappa shape index (κ3) is 5.60. The molecule has 0 saturated carbocycles. The Labute approximate surface area is 152 Å². The Morgan fingerprint density at radius 1 is 0.750 bits per heavy atom. The van der Waals surface area contributed by atoms with E-state index in [-0.39, 0.29) is 30.6 Å². The number of amides is 1. The highest BCUT2D eigenvalue weighted by atomic mass is 19.4. The third-order valence-electron chi connectivity index (χ3n) is 3.48. The van der Waals surface area contributed by atoms with Gasteiger partial charge in [0.25, 0.3) is 5.91 Å². The molecule has 0 radical (unpaired) electrons. The first-order valence-electron chi connectivity index (χ1n) is 7.96. The van der Waals surface area contributed by atoms with Gasteiger partial charge in [-0.1, -0.05) is 26.7 Å². The molecule has 14 heteroatoms. The van der Waals surface area contributed by atoms with Crippen LogP contribution in [0.4, 0.5) is 48.3 Å². The Kier molecular flexibility index (Phi) is 8.56. The van der Waals surface area contributed by atoms with Crippen LogP contribution in [0.1, 0.15) is 39.5 Å². The topological polar surface area (TPSA) is 29.5 Å². The van der Waals surface area contributed by atoms with E-state index in [0.29, 0.717) is 0 Å². The van der Waals surface area contributed by atoms with E-state index in [0.717, 1.165) is 0 Å². The predicted octanol–water partition coefficient (Wildman–Crippen LogP) is 5.45. The smallest absolute Gasteiger partial charge is 0.337 e. The van der Waals surface area contributed by atoms with Crippen molar-refractivity contribution < 1.29 is 57.8 Å². The molecule has 0 N–H and O–H groups in total. The molecule has 1 unspecified atom stereocenters. The minimum Gasteiger partial charge on any atom is -0.337 e. The highest BCUT2D eigenvalue weighted by Crippen LogP contribution is 2.51. The summed E-state index contributed by atoms with van der Waals surface area (Å²) in [6, 6.07) is 0. The Morgan fingerprint density at radius 3 is 1.43 bits per heavy atom. The number of carbonyl (C=O) groups excluding carboxylic acids is 1. The first-order chi connectivity index (χ1) is 12.4. The Bertz CT molecular complexity index is 510. The normalized spacial score (nSPS) is 16.0. The van der Waals surface area contributed by atoms with Crippen LogP contribution in [0.15, 0.2) is 0 Å².